The van der Waals surface area contributed by atoms with E-state index in [1.54, 1.807) is 24.4 Å². The first-order valence-corrected chi connectivity index (χ1v) is 12.0. The minimum Gasteiger partial charge on any atom is -0.480 e. The number of hydrogen-bond acceptors (Lipinski definition) is 10. The molecule has 2 bridgehead atoms. The summed E-state index contributed by atoms with van der Waals surface area (Å²) >= 11 is 1.30. The van der Waals surface area contributed by atoms with Crippen LogP contribution < -0.4 is 15.5 Å². The summed E-state index contributed by atoms with van der Waals surface area (Å²) in [5, 5.41) is 14.3. The van der Waals surface area contributed by atoms with Gasteiger partial charge in [-0.15, -0.1) is 0 Å². The molecule has 2 aromatic heterocycles. The number of carbonyl (C=O) groups excluding carboxylic acids is 2. The summed E-state index contributed by atoms with van der Waals surface area (Å²) in [6.07, 6.45) is 2.18. The molecule has 3 N–H and O–H groups in total. The van der Waals surface area contributed by atoms with E-state index >= 15 is 0 Å². The second-order valence-electron chi connectivity index (χ2n) is 8.39. The van der Waals surface area contributed by atoms with Crippen molar-refractivity contribution in [2.75, 3.05) is 30.5 Å². The number of amides is 2. The molecule has 5 rings (SSSR count). The molecule has 3 aromatic rings. The molecule has 36 heavy (non-hydrogen) atoms. The Hall–Kier alpha value is -3.97. The van der Waals surface area contributed by atoms with Gasteiger partial charge < -0.3 is 29.2 Å². The Morgan fingerprint density at radius 2 is 2.14 bits per heavy atom. The number of oxazole rings is 1. The van der Waals surface area contributed by atoms with Gasteiger partial charge in [0.25, 0.3) is 6.01 Å². The monoisotopic (exact) mass is 513 g/mol. The number of ether oxygens (including phenoxy) is 2. The smallest absolute Gasteiger partial charge is 0.337 e. The number of methoxy groups -OCH3 is 1. The van der Waals surface area contributed by atoms with Gasteiger partial charge >= 0.3 is 18.0 Å². The van der Waals surface area contributed by atoms with Gasteiger partial charge in [0.05, 0.1) is 54.7 Å². The van der Waals surface area contributed by atoms with E-state index in [0.717, 1.165) is 10.6 Å². The highest BCUT2D eigenvalue weighted by Gasteiger charge is 2.42. The van der Waals surface area contributed by atoms with Gasteiger partial charge in [0, 0.05) is 12.0 Å². The predicted molar refractivity (Wildman–Crippen MR) is 128 cm³/mol. The molecule has 4 heterocycles. The highest BCUT2D eigenvalue weighted by atomic mass is 32.1. The third-order valence-corrected chi connectivity index (χ3v) is 7.11. The van der Waals surface area contributed by atoms with Crippen LogP contribution in [0.1, 0.15) is 33.9 Å². The molecular formula is C23H23N5O7S. The quantitative estimate of drug-likeness (QED) is 0.419. The number of hydrogen-bond donors (Lipinski definition) is 3. The number of aliphatic carboxylic acids is 1. The van der Waals surface area contributed by atoms with Crippen molar-refractivity contribution in [2.24, 2.45) is 0 Å². The Morgan fingerprint density at radius 3 is 2.92 bits per heavy atom. The number of benzene rings is 1. The van der Waals surface area contributed by atoms with Crippen LogP contribution in [0.25, 0.3) is 11.3 Å². The fraction of sp³-hybridized carbons (Fsp3) is 0.348. The maximum absolute atomic E-state index is 12.2. The van der Waals surface area contributed by atoms with Crippen molar-refractivity contribution in [3.8, 4) is 11.3 Å². The van der Waals surface area contributed by atoms with Crippen molar-refractivity contribution in [1.29, 1.82) is 0 Å². The van der Waals surface area contributed by atoms with E-state index in [4.69, 9.17) is 19.0 Å². The first kappa shape index (κ1) is 23.8. The summed E-state index contributed by atoms with van der Waals surface area (Å²) < 4.78 is 16.7. The number of carboxylic acids is 1. The first-order chi connectivity index (χ1) is 17.3. The number of carbonyl (C=O) groups is 3. The molecule has 188 valence electrons. The fourth-order valence-corrected chi connectivity index (χ4v) is 5.33. The SMILES string of the molecule is COC(=O)c1cccc(-c2cnc(N3[C@@H]4COC[C@H]3c3sc(NC(=O)N[C@H](C)C(=O)O)nc3C4)o2)c1. The zero-order valence-corrected chi connectivity index (χ0v) is 20.2. The second-order valence-corrected chi connectivity index (χ2v) is 9.42. The normalized spacial score (nSPS) is 19.2. The van der Waals surface area contributed by atoms with Crippen LogP contribution in [0.5, 0.6) is 0 Å². The van der Waals surface area contributed by atoms with E-state index < -0.39 is 24.0 Å². The molecule has 2 amide bonds. The van der Waals surface area contributed by atoms with Gasteiger partial charge in [-0.1, -0.05) is 23.5 Å². The van der Waals surface area contributed by atoms with Crippen LogP contribution >= 0.6 is 11.3 Å². The number of aromatic nitrogens is 2. The number of esters is 1. The number of morpholine rings is 1. The standard InChI is InChI=1S/C23H23N5O7S/c1-11(19(29)30)25-21(32)27-22-26-15-7-14-9-34-10-16(18(15)36-22)28(14)23-24-8-17(35-23)12-4-3-5-13(6-12)20(31)33-2/h3-6,8,11,14,16H,7,9-10H2,1-2H3,(H,29,30)(H2,25,26,27,32)/t11-,14+,16+/m1/s1. The lowest BCUT2D eigenvalue weighted by Gasteiger charge is -2.43. The molecule has 2 aliphatic heterocycles. The first-order valence-electron chi connectivity index (χ1n) is 11.1. The van der Waals surface area contributed by atoms with Gasteiger partial charge in [-0.25, -0.2) is 19.6 Å². The minimum atomic E-state index is -1.13. The zero-order valence-electron chi connectivity index (χ0n) is 19.4. The van der Waals surface area contributed by atoms with Gasteiger partial charge in [0.15, 0.2) is 10.9 Å². The maximum Gasteiger partial charge on any atom is 0.337 e. The third-order valence-electron chi connectivity index (χ3n) is 6.00. The van der Waals surface area contributed by atoms with Crippen LogP contribution in [0.2, 0.25) is 0 Å². The van der Waals surface area contributed by atoms with Crippen molar-refractivity contribution >= 4 is 40.5 Å². The summed E-state index contributed by atoms with van der Waals surface area (Å²) in [5.41, 5.74) is 1.96. The van der Waals surface area contributed by atoms with Crippen molar-refractivity contribution < 1.29 is 33.4 Å². The molecule has 0 radical (unpaired) electrons. The summed E-state index contributed by atoms with van der Waals surface area (Å²) in [6.45, 7) is 2.23. The number of fused-ring (bicyclic) bond motifs is 4. The molecule has 12 nitrogen and oxygen atoms in total. The molecule has 0 aliphatic carbocycles. The van der Waals surface area contributed by atoms with Gasteiger partial charge in [0.2, 0.25) is 0 Å². The summed E-state index contributed by atoms with van der Waals surface area (Å²) in [4.78, 5) is 47.1. The van der Waals surface area contributed by atoms with Crippen LogP contribution in [0, 0.1) is 0 Å². The topological polar surface area (TPSA) is 156 Å². The van der Waals surface area contributed by atoms with Crippen molar-refractivity contribution in [1.82, 2.24) is 15.3 Å². The Balaban J connectivity index is 1.38. The average molecular weight is 514 g/mol. The summed E-state index contributed by atoms with van der Waals surface area (Å²) in [5.74, 6) is -1.06. The minimum absolute atomic E-state index is 0.0695. The molecule has 1 saturated heterocycles. The molecule has 3 atom stereocenters. The Kier molecular flexibility index (Phi) is 6.33. The second kappa shape index (κ2) is 9.59. The van der Waals surface area contributed by atoms with Gasteiger partial charge in [-0.2, -0.15) is 0 Å². The lowest BCUT2D eigenvalue weighted by molar-refractivity contribution is -0.138. The molecule has 0 unspecified atom stereocenters. The van der Waals surface area contributed by atoms with Crippen LogP contribution in [0.4, 0.5) is 15.9 Å². The molecule has 13 heteroatoms. The molecule has 1 aromatic carbocycles. The number of anilines is 2. The largest absolute Gasteiger partial charge is 0.480 e. The number of thiazole rings is 1. The van der Waals surface area contributed by atoms with E-state index in [1.807, 2.05) is 6.07 Å². The summed E-state index contributed by atoms with van der Waals surface area (Å²) in [6, 6.07) is 5.40. The van der Waals surface area contributed by atoms with E-state index in [1.165, 1.54) is 25.4 Å². The number of rotatable bonds is 6. The number of nitrogens with one attached hydrogen (secondary N) is 2. The Labute approximate surface area is 209 Å². The van der Waals surface area contributed by atoms with E-state index in [-0.39, 0.29) is 12.1 Å². The molecule has 1 fully saturated rings. The lowest BCUT2D eigenvalue weighted by atomic mass is 9.97. The Bertz CT molecular complexity index is 1320. The van der Waals surface area contributed by atoms with Gasteiger partial charge in [-0.05, 0) is 19.1 Å². The van der Waals surface area contributed by atoms with E-state index in [0.29, 0.717) is 47.7 Å². The van der Waals surface area contributed by atoms with Gasteiger partial charge in [-0.3, -0.25) is 10.1 Å². The molecule has 2 aliphatic rings. The summed E-state index contributed by atoms with van der Waals surface area (Å²) in [7, 11) is 1.33. The van der Waals surface area contributed by atoms with Crippen LogP contribution in [-0.4, -0.2) is 65.5 Å². The Morgan fingerprint density at radius 1 is 1.31 bits per heavy atom. The number of nitrogens with zero attached hydrogens (tertiary/aromatic N) is 3. The maximum atomic E-state index is 12.2. The van der Waals surface area contributed by atoms with Crippen LogP contribution in [-0.2, 0) is 20.7 Å². The average Bonchev–Trinajstić information content (AvgIpc) is 3.50. The van der Waals surface area contributed by atoms with E-state index in [2.05, 4.69) is 25.5 Å². The predicted octanol–water partition coefficient (Wildman–Crippen LogP) is 2.68. The number of urea groups is 1. The van der Waals surface area contributed by atoms with Crippen molar-refractivity contribution in [3.63, 3.8) is 0 Å². The van der Waals surface area contributed by atoms with Crippen molar-refractivity contribution in [2.45, 2.75) is 31.5 Å². The molecule has 0 spiro atoms. The van der Waals surface area contributed by atoms with Gasteiger partial charge in [0.1, 0.15) is 6.04 Å². The fourth-order valence-electron chi connectivity index (χ4n) is 4.25. The van der Waals surface area contributed by atoms with Crippen LogP contribution in [0.15, 0.2) is 34.9 Å². The third kappa shape index (κ3) is 4.50. The highest BCUT2D eigenvalue weighted by molar-refractivity contribution is 7.16. The van der Waals surface area contributed by atoms with Crippen molar-refractivity contribution in [3.05, 3.63) is 46.6 Å². The molecular weight excluding hydrogens is 490 g/mol. The molecule has 0 saturated carbocycles. The van der Waals surface area contributed by atoms with Crippen LogP contribution in [0.3, 0.4) is 0 Å². The highest BCUT2D eigenvalue weighted by Crippen LogP contribution is 2.43. The number of carboxylic acid groups (broad SMARTS) is 1. The zero-order chi connectivity index (χ0) is 25.4. The van der Waals surface area contributed by atoms with E-state index in [9.17, 15) is 14.4 Å². The lowest BCUT2D eigenvalue weighted by Crippen LogP contribution is -2.51.